The first-order chi connectivity index (χ1) is 9.17. The maximum absolute atomic E-state index is 12.6. The van der Waals surface area contributed by atoms with Gasteiger partial charge in [0.1, 0.15) is 0 Å². The molecular weight excluding hydrogens is 274 g/mol. The van der Waals surface area contributed by atoms with Crippen LogP contribution in [-0.2, 0) is 16.8 Å². The van der Waals surface area contributed by atoms with Gasteiger partial charge in [0, 0.05) is 31.4 Å². The third-order valence-corrected chi connectivity index (χ3v) is 5.64. The van der Waals surface area contributed by atoms with Crippen LogP contribution in [0.3, 0.4) is 0 Å². The second-order valence-electron chi connectivity index (χ2n) is 5.46. The molecule has 0 radical (unpaired) electrons. The van der Waals surface area contributed by atoms with Gasteiger partial charge in [0.2, 0.25) is 0 Å². The van der Waals surface area contributed by atoms with E-state index in [1.165, 1.54) is 8.61 Å². The van der Waals surface area contributed by atoms with Crippen LogP contribution in [0.1, 0.15) is 33.3 Å². The van der Waals surface area contributed by atoms with Crippen LogP contribution in [0.15, 0.2) is 24.3 Å². The quantitative estimate of drug-likeness (QED) is 0.818. The minimum atomic E-state index is -3.50. The Kier molecular flexibility index (Phi) is 5.56. The predicted octanol–water partition coefficient (Wildman–Crippen LogP) is 2.06. The molecule has 1 rings (SSSR count). The second kappa shape index (κ2) is 6.56. The molecule has 5 nitrogen and oxygen atoms in total. The number of rotatable bonds is 6. The monoisotopic (exact) mass is 299 g/mol. The third kappa shape index (κ3) is 3.71. The number of benzene rings is 1. The van der Waals surface area contributed by atoms with Gasteiger partial charge in [-0.15, -0.1) is 0 Å². The first-order valence-corrected chi connectivity index (χ1v) is 8.15. The van der Waals surface area contributed by atoms with E-state index in [1.54, 1.807) is 13.1 Å². The highest BCUT2D eigenvalue weighted by atomic mass is 32.2. The van der Waals surface area contributed by atoms with Gasteiger partial charge in [-0.25, -0.2) is 0 Å². The summed E-state index contributed by atoms with van der Waals surface area (Å²) < 4.78 is 28.1. The minimum absolute atomic E-state index is 0.0885. The number of hydrogen-bond acceptors (Lipinski definition) is 3. The zero-order valence-electron chi connectivity index (χ0n) is 12.9. The summed E-state index contributed by atoms with van der Waals surface area (Å²) in [5, 5.41) is 0. The van der Waals surface area contributed by atoms with E-state index in [1.807, 2.05) is 45.9 Å². The molecule has 0 amide bonds. The molecule has 0 unspecified atom stereocenters. The molecule has 0 aliphatic heterocycles. The lowest BCUT2D eigenvalue weighted by Crippen LogP contribution is -2.47. The van der Waals surface area contributed by atoms with Gasteiger partial charge in [0.05, 0.1) is 0 Å². The van der Waals surface area contributed by atoms with Crippen molar-refractivity contribution in [3.63, 3.8) is 0 Å². The molecule has 20 heavy (non-hydrogen) atoms. The summed E-state index contributed by atoms with van der Waals surface area (Å²) in [5.74, 6) is 0. The summed E-state index contributed by atoms with van der Waals surface area (Å²) in [6.07, 6.45) is 0. The fourth-order valence-corrected chi connectivity index (χ4v) is 3.51. The van der Waals surface area contributed by atoms with Gasteiger partial charge < -0.3 is 5.73 Å². The zero-order chi connectivity index (χ0) is 15.5. The number of hydrogen-bond donors (Lipinski definition) is 1. The Morgan fingerprint density at radius 1 is 1.10 bits per heavy atom. The molecule has 0 aliphatic rings. The summed E-state index contributed by atoms with van der Waals surface area (Å²) in [6, 6.07) is 7.12. The van der Waals surface area contributed by atoms with E-state index < -0.39 is 10.2 Å². The minimum Gasteiger partial charge on any atom is -0.398 e. The summed E-state index contributed by atoms with van der Waals surface area (Å²) in [6.45, 7) is 7.72. The number of nitrogens with zero attached hydrogens (tertiary/aromatic N) is 2. The van der Waals surface area contributed by atoms with E-state index in [9.17, 15) is 8.42 Å². The van der Waals surface area contributed by atoms with Crippen LogP contribution in [0.2, 0.25) is 0 Å². The molecule has 0 bridgehead atoms. The number of para-hydroxylation sites is 1. The molecule has 0 spiro atoms. The smallest absolute Gasteiger partial charge is 0.282 e. The summed E-state index contributed by atoms with van der Waals surface area (Å²) >= 11 is 0. The van der Waals surface area contributed by atoms with E-state index in [2.05, 4.69) is 0 Å². The van der Waals surface area contributed by atoms with Crippen molar-refractivity contribution < 1.29 is 8.42 Å². The van der Waals surface area contributed by atoms with E-state index in [-0.39, 0.29) is 18.6 Å². The van der Waals surface area contributed by atoms with Crippen molar-refractivity contribution in [3.05, 3.63) is 29.8 Å². The molecule has 0 aliphatic carbocycles. The van der Waals surface area contributed by atoms with Crippen LogP contribution >= 0.6 is 0 Å². The number of nitrogens with two attached hydrogens (primary N) is 1. The highest BCUT2D eigenvalue weighted by Gasteiger charge is 2.31. The zero-order valence-corrected chi connectivity index (χ0v) is 13.7. The van der Waals surface area contributed by atoms with Crippen LogP contribution in [0.4, 0.5) is 5.69 Å². The summed E-state index contributed by atoms with van der Waals surface area (Å²) in [4.78, 5) is 0. The Hall–Kier alpha value is -1.11. The fourth-order valence-electron chi connectivity index (χ4n) is 1.81. The maximum Gasteiger partial charge on any atom is 0.282 e. The molecule has 0 atom stereocenters. The third-order valence-electron chi connectivity index (χ3n) is 3.34. The van der Waals surface area contributed by atoms with Gasteiger partial charge in [0.15, 0.2) is 0 Å². The molecule has 1 aromatic carbocycles. The Labute approximate surface area is 122 Å². The molecule has 0 heterocycles. The molecule has 2 N–H and O–H groups in total. The van der Waals surface area contributed by atoms with Gasteiger partial charge in [-0.1, -0.05) is 18.2 Å². The van der Waals surface area contributed by atoms with Gasteiger partial charge in [-0.05, 0) is 39.3 Å². The number of nitrogen functional groups attached to an aromatic ring is 1. The Bertz CT molecular complexity index is 541. The molecule has 0 fully saturated rings. The van der Waals surface area contributed by atoms with E-state index in [0.29, 0.717) is 5.69 Å². The van der Waals surface area contributed by atoms with Crippen molar-refractivity contribution in [1.29, 1.82) is 0 Å². The maximum atomic E-state index is 12.6. The fraction of sp³-hybridized carbons (Fsp3) is 0.571. The van der Waals surface area contributed by atoms with Crippen molar-refractivity contribution in [3.8, 4) is 0 Å². The molecule has 1 aromatic rings. The van der Waals surface area contributed by atoms with Crippen molar-refractivity contribution in [2.24, 2.45) is 0 Å². The van der Waals surface area contributed by atoms with Gasteiger partial charge in [-0.2, -0.15) is 17.0 Å². The lowest BCUT2D eigenvalue weighted by molar-refractivity contribution is 0.298. The van der Waals surface area contributed by atoms with Crippen LogP contribution < -0.4 is 5.73 Å². The normalized spacial score (nSPS) is 12.8. The highest BCUT2D eigenvalue weighted by molar-refractivity contribution is 7.86. The molecule has 0 aromatic heterocycles. The van der Waals surface area contributed by atoms with E-state index >= 15 is 0 Å². The molecule has 114 valence electrons. The SMILES string of the molecule is CC(C)N(C)S(=O)(=O)N(Cc1ccccc1N)C(C)C. The van der Waals surface area contributed by atoms with Gasteiger partial charge in [0.25, 0.3) is 10.2 Å². The largest absolute Gasteiger partial charge is 0.398 e. The molecule has 0 saturated carbocycles. The van der Waals surface area contributed by atoms with Crippen LogP contribution in [0.5, 0.6) is 0 Å². The van der Waals surface area contributed by atoms with Gasteiger partial charge in [-0.3, -0.25) is 0 Å². The average Bonchev–Trinajstić information content (AvgIpc) is 2.35. The van der Waals surface area contributed by atoms with Crippen LogP contribution in [0.25, 0.3) is 0 Å². The topological polar surface area (TPSA) is 66.6 Å². The van der Waals surface area contributed by atoms with Gasteiger partial charge >= 0.3 is 0 Å². The van der Waals surface area contributed by atoms with E-state index in [4.69, 9.17) is 5.73 Å². The summed E-state index contributed by atoms with van der Waals surface area (Å²) in [7, 11) is -1.90. The molecule has 0 saturated heterocycles. The predicted molar refractivity (Wildman–Crippen MR) is 83.4 cm³/mol. The van der Waals surface area contributed by atoms with Crippen molar-refractivity contribution >= 4 is 15.9 Å². The second-order valence-corrected chi connectivity index (χ2v) is 7.40. The lowest BCUT2D eigenvalue weighted by Gasteiger charge is -2.32. The van der Waals surface area contributed by atoms with Crippen molar-refractivity contribution in [2.45, 2.75) is 46.3 Å². The Morgan fingerprint density at radius 3 is 2.10 bits per heavy atom. The standard InChI is InChI=1S/C14H25N3O2S/c1-11(2)16(5)20(18,19)17(12(3)4)10-13-8-6-7-9-14(13)15/h6-9,11-12H,10,15H2,1-5H3. The highest BCUT2D eigenvalue weighted by Crippen LogP contribution is 2.20. The first-order valence-electron chi connectivity index (χ1n) is 6.76. The van der Waals surface area contributed by atoms with Crippen LogP contribution in [0, 0.1) is 0 Å². The Morgan fingerprint density at radius 2 is 1.65 bits per heavy atom. The van der Waals surface area contributed by atoms with Crippen molar-refractivity contribution in [1.82, 2.24) is 8.61 Å². The first kappa shape index (κ1) is 16.9. The number of anilines is 1. The lowest BCUT2D eigenvalue weighted by atomic mass is 10.2. The Balaban J connectivity index is 3.11. The van der Waals surface area contributed by atoms with Crippen molar-refractivity contribution in [2.75, 3.05) is 12.8 Å². The molecule has 6 heteroatoms. The van der Waals surface area contributed by atoms with Crippen LogP contribution in [-0.4, -0.2) is 36.2 Å². The van der Waals surface area contributed by atoms with E-state index in [0.717, 1.165) is 5.56 Å². The molecular formula is C14H25N3O2S. The average molecular weight is 299 g/mol. The summed E-state index contributed by atoms with van der Waals surface area (Å²) in [5.41, 5.74) is 7.35.